The van der Waals surface area contributed by atoms with E-state index in [2.05, 4.69) is 10.4 Å². The van der Waals surface area contributed by atoms with E-state index in [0.29, 0.717) is 23.6 Å². The molecule has 0 saturated carbocycles. The van der Waals surface area contributed by atoms with E-state index in [-0.39, 0.29) is 11.9 Å². The minimum absolute atomic E-state index is 0.289. The Bertz CT molecular complexity index is 640. The lowest BCUT2D eigenvalue weighted by Crippen LogP contribution is -2.13. The maximum Gasteiger partial charge on any atom is 0.338 e. The lowest BCUT2D eigenvalue weighted by atomic mass is 10.2. The van der Waals surface area contributed by atoms with Crippen molar-refractivity contribution < 1.29 is 14.3 Å². The second kappa shape index (κ2) is 6.21. The van der Waals surface area contributed by atoms with Crippen molar-refractivity contribution in [3.8, 4) is 0 Å². The fraction of sp³-hybridized carbons (Fsp3) is 0.267. The van der Waals surface area contributed by atoms with Gasteiger partial charge in [-0.15, -0.1) is 0 Å². The number of benzene rings is 1. The summed E-state index contributed by atoms with van der Waals surface area (Å²) in [6.07, 6.45) is 0. The molecule has 0 atom stereocenters. The normalized spacial score (nSPS) is 10.2. The first-order valence-electron chi connectivity index (χ1n) is 6.60. The highest BCUT2D eigenvalue weighted by Crippen LogP contribution is 2.12. The van der Waals surface area contributed by atoms with Gasteiger partial charge in [-0.2, -0.15) is 5.10 Å². The first-order chi connectivity index (χ1) is 10.0. The molecular weight excluding hydrogens is 270 g/mol. The van der Waals surface area contributed by atoms with Crippen molar-refractivity contribution in [3.63, 3.8) is 0 Å². The molecule has 1 heterocycles. The van der Waals surface area contributed by atoms with Crippen LogP contribution in [0.25, 0.3) is 0 Å². The summed E-state index contributed by atoms with van der Waals surface area (Å²) < 4.78 is 6.53. The quantitative estimate of drug-likeness (QED) is 0.874. The van der Waals surface area contributed by atoms with E-state index in [4.69, 9.17) is 4.74 Å². The number of hydrogen-bond donors (Lipinski definition) is 1. The smallest absolute Gasteiger partial charge is 0.338 e. The molecule has 0 bridgehead atoms. The number of nitrogens with one attached hydrogen (secondary N) is 1. The van der Waals surface area contributed by atoms with Gasteiger partial charge in [-0.1, -0.05) is 0 Å². The molecule has 0 radical (unpaired) electrons. The van der Waals surface area contributed by atoms with Crippen LogP contribution in [0.15, 0.2) is 30.3 Å². The van der Waals surface area contributed by atoms with Crippen molar-refractivity contribution in [1.29, 1.82) is 0 Å². The third-order valence-electron chi connectivity index (χ3n) is 3.00. The number of aromatic nitrogens is 2. The standard InChI is InChI=1S/C15H17N3O3/c1-4-21-15(20)11-5-7-12(8-6-11)16-14(19)13-9-10(2)18(3)17-13/h5-9H,4H2,1-3H3,(H,16,19). The van der Waals surface area contributed by atoms with E-state index in [9.17, 15) is 9.59 Å². The number of aryl methyl sites for hydroxylation is 2. The minimum atomic E-state index is -0.379. The summed E-state index contributed by atoms with van der Waals surface area (Å²) in [5, 5.41) is 6.84. The Morgan fingerprint density at radius 2 is 1.95 bits per heavy atom. The number of carbonyl (C=O) groups is 2. The van der Waals surface area contributed by atoms with Gasteiger partial charge in [0.25, 0.3) is 5.91 Å². The highest BCUT2D eigenvalue weighted by atomic mass is 16.5. The molecule has 2 rings (SSSR count). The molecule has 0 unspecified atom stereocenters. The number of esters is 1. The van der Waals surface area contributed by atoms with Crippen LogP contribution < -0.4 is 5.32 Å². The second-order valence-electron chi connectivity index (χ2n) is 4.55. The summed E-state index contributed by atoms with van der Waals surface area (Å²) in [7, 11) is 1.78. The summed E-state index contributed by atoms with van der Waals surface area (Å²) in [6, 6.07) is 8.23. The van der Waals surface area contributed by atoms with E-state index in [1.165, 1.54) is 0 Å². The van der Waals surface area contributed by atoms with Gasteiger partial charge in [0.2, 0.25) is 0 Å². The molecule has 0 aliphatic heterocycles. The molecule has 1 N–H and O–H groups in total. The number of carbonyl (C=O) groups excluding carboxylic acids is 2. The second-order valence-corrected chi connectivity index (χ2v) is 4.55. The number of hydrogen-bond acceptors (Lipinski definition) is 4. The zero-order chi connectivity index (χ0) is 15.4. The van der Waals surface area contributed by atoms with Gasteiger partial charge in [0, 0.05) is 18.4 Å². The molecule has 0 aliphatic rings. The van der Waals surface area contributed by atoms with E-state index >= 15 is 0 Å². The Kier molecular flexibility index (Phi) is 4.37. The summed E-state index contributed by atoms with van der Waals surface area (Å²) in [4.78, 5) is 23.5. The zero-order valence-electron chi connectivity index (χ0n) is 12.2. The lowest BCUT2D eigenvalue weighted by Gasteiger charge is -2.05. The molecule has 110 valence electrons. The highest BCUT2D eigenvalue weighted by Gasteiger charge is 2.12. The molecule has 21 heavy (non-hydrogen) atoms. The van der Waals surface area contributed by atoms with Crippen LogP contribution in [0.1, 0.15) is 33.5 Å². The molecular formula is C15H17N3O3. The van der Waals surface area contributed by atoms with Crippen LogP contribution in [-0.4, -0.2) is 28.3 Å². The summed E-state index contributed by atoms with van der Waals surface area (Å²) in [6.45, 7) is 3.95. The third kappa shape index (κ3) is 3.47. The fourth-order valence-electron chi connectivity index (χ4n) is 1.77. The molecule has 1 aromatic heterocycles. The first-order valence-corrected chi connectivity index (χ1v) is 6.60. The van der Waals surface area contributed by atoms with Crippen molar-refractivity contribution in [3.05, 3.63) is 47.3 Å². The monoisotopic (exact) mass is 287 g/mol. The Balaban J connectivity index is 2.06. The molecule has 0 saturated heterocycles. The summed E-state index contributed by atoms with van der Waals surface area (Å²) >= 11 is 0. The van der Waals surface area contributed by atoms with Crippen molar-refractivity contribution in [1.82, 2.24) is 9.78 Å². The van der Waals surface area contributed by atoms with E-state index in [1.54, 1.807) is 49.0 Å². The van der Waals surface area contributed by atoms with Gasteiger partial charge in [0.1, 0.15) is 0 Å². The molecule has 0 spiro atoms. The van der Waals surface area contributed by atoms with Gasteiger partial charge >= 0.3 is 5.97 Å². The Labute approximate surface area is 122 Å². The molecule has 0 fully saturated rings. The maximum atomic E-state index is 12.0. The minimum Gasteiger partial charge on any atom is -0.462 e. The highest BCUT2D eigenvalue weighted by molar-refractivity contribution is 6.03. The Hall–Kier alpha value is -2.63. The number of ether oxygens (including phenoxy) is 1. The SMILES string of the molecule is CCOC(=O)c1ccc(NC(=O)c2cc(C)n(C)n2)cc1. The van der Waals surface area contributed by atoms with Gasteiger partial charge in [0.05, 0.1) is 12.2 Å². The van der Waals surface area contributed by atoms with Gasteiger partial charge in [0.15, 0.2) is 5.69 Å². The van der Waals surface area contributed by atoms with Crippen molar-refractivity contribution in [2.45, 2.75) is 13.8 Å². The molecule has 2 aromatic rings. The zero-order valence-corrected chi connectivity index (χ0v) is 12.2. The van der Waals surface area contributed by atoms with Gasteiger partial charge in [-0.3, -0.25) is 9.48 Å². The lowest BCUT2D eigenvalue weighted by molar-refractivity contribution is 0.0526. The van der Waals surface area contributed by atoms with Crippen LogP contribution in [0.4, 0.5) is 5.69 Å². The topological polar surface area (TPSA) is 73.2 Å². The van der Waals surface area contributed by atoms with Crippen LogP contribution in [0.3, 0.4) is 0 Å². The average molecular weight is 287 g/mol. The van der Waals surface area contributed by atoms with Crippen molar-refractivity contribution in [2.75, 3.05) is 11.9 Å². The largest absolute Gasteiger partial charge is 0.462 e. The number of amides is 1. The summed E-state index contributed by atoms with van der Waals surface area (Å²) in [5.74, 6) is -0.668. The maximum absolute atomic E-state index is 12.0. The average Bonchev–Trinajstić information content (AvgIpc) is 2.80. The molecule has 6 nitrogen and oxygen atoms in total. The summed E-state index contributed by atoms with van der Waals surface area (Å²) in [5.41, 5.74) is 2.29. The van der Waals surface area contributed by atoms with Gasteiger partial charge < -0.3 is 10.1 Å². The van der Waals surface area contributed by atoms with Crippen LogP contribution in [0, 0.1) is 6.92 Å². The molecule has 6 heteroatoms. The van der Waals surface area contributed by atoms with Gasteiger partial charge in [-0.25, -0.2) is 4.79 Å². The molecule has 0 aliphatic carbocycles. The Morgan fingerprint density at radius 1 is 1.29 bits per heavy atom. The van der Waals surface area contributed by atoms with Crippen LogP contribution in [0.2, 0.25) is 0 Å². The predicted octanol–water partition coefficient (Wildman–Crippen LogP) is 2.16. The van der Waals surface area contributed by atoms with Crippen LogP contribution in [-0.2, 0) is 11.8 Å². The fourth-order valence-corrected chi connectivity index (χ4v) is 1.77. The number of rotatable bonds is 4. The predicted molar refractivity (Wildman–Crippen MR) is 78.3 cm³/mol. The van der Waals surface area contributed by atoms with Gasteiger partial charge in [-0.05, 0) is 44.2 Å². The number of nitrogens with zero attached hydrogens (tertiary/aromatic N) is 2. The van der Waals surface area contributed by atoms with E-state index in [0.717, 1.165) is 5.69 Å². The molecule has 1 aromatic carbocycles. The Morgan fingerprint density at radius 3 is 2.48 bits per heavy atom. The van der Waals surface area contributed by atoms with E-state index in [1.807, 2.05) is 6.92 Å². The van der Waals surface area contributed by atoms with Crippen LogP contribution in [0.5, 0.6) is 0 Å². The number of anilines is 1. The van der Waals surface area contributed by atoms with Crippen molar-refractivity contribution in [2.24, 2.45) is 7.05 Å². The third-order valence-corrected chi connectivity index (χ3v) is 3.00. The first kappa shape index (κ1) is 14.8. The van der Waals surface area contributed by atoms with Crippen LogP contribution >= 0.6 is 0 Å². The van der Waals surface area contributed by atoms with Crippen molar-refractivity contribution >= 4 is 17.6 Å². The van der Waals surface area contributed by atoms with E-state index < -0.39 is 0 Å². The molecule has 1 amide bonds.